The lowest BCUT2D eigenvalue weighted by Crippen LogP contribution is -2.04. The summed E-state index contributed by atoms with van der Waals surface area (Å²) in [5.41, 5.74) is 7.17. The maximum atomic E-state index is 5.90. The van der Waals surface area contributed by atoms with Crippen LogP contribution in [0.15, 0.2) is 0 Å². The Morgan fingerprint density at radius 3 is 2.37 bits per heavy atom. The highest BCUT2D eigenvalue weighted by molar-refractivity contribution is 7.11. The van der Waals surface area contributed by atoms with Crippen molar-refractivity contribution in [1.82, 2.24) is 4.98 Å². The molecule has 1 heterocycles. The molecule has 1 aromatic heterocycles. The van der Waals surface area contributed by atoms with Gasteiger partial charge < -0.3 is 5.73 Å². The SMILES string of the molecule is CC(C)Cc1nc(C2CCCCCCC2)sc1CN. The average Bonchev–Trinajstić information content (AvgIpc) is 2.70. The van der Waals surface area contributed by atoms with Gasteiger partial charge in [0, 0.05) is 17.3 Å². The van der Waals surface area contributed by atoms with Crippen molar-refractivity contribution < 1.29 is 0 Å². The molecule has 1 aliphatic rings. The van der Waals surface area contributed by atoms with E-state index in [0.29, 0.717) is 18.4 Å². The summed E-state index contributed by atoms with van der Waals surface area (Å²) in [6.07, 6.45) is 10.7. The van der Waals surface area contributed by atoms with Crippen LogP contribution < -0.4 is 5.73 Å². The van der Waals surface area contributed by atoms with Gasteiger partial charge in [-0.15, -0.1) is 11.3 Å². The monoisotopic (exact) mass is 280 g/mol. The summed E-state index contributed by atoms with van der Waals surface area (Å²) in [6.45, 7) is 5.18. The summed E-state index contributed by atoms with van der Waals surface area (Å²) >= 11 is 1.89. The molecule has 0 bridgehead atoms. The number of aromatic nitrogens is 1. The fraction of sp³-hybridized carbons (Fsp3) is 0.812. The van der Waals surface area contributed by atoms with Gasteiger partial charge in [-0.25, -0.2) is 4.98 Å². The first kappa shape index (κ1) is 15.0. The van der Waals surface area contributed by atoms with Gasteiger partial charge >= 0.3 is 0 Å². The van der Waals surface area contributed by atoms with E-state index >= 15 is 0 Å². The Balaban J connectivity index is 2.11. The number of thiazole rings is 1. The molecule has 19 heavy (non-hydrogen) atoms. The summed E-state index contributed by atoms with van der Waals surface area (Å²) in [5.74, 6) is 1.37. The molecule has 1 saturated carbocycles. The average molecular weight is 280 g/mol. The number of hydrogen-bond acceptors (Lipinski definition) is 3. The molecule has 0 atom stereocenters. The zero-order valence-electron chi connectivity index (χ0n) is 12.5. The van der Waals surface area contributed by atoms with E-state index in [1.54, 1.807) is 0 Å². The molecule has 0 radical (unpaired) electrons. The Kier molecular flexibility index (Phi) is 5.83. The Morgan fingerprint density at radius 1 is 1.16 bits per heavy atom. The van der Waals surface area contributed by atoms with Gasteiger partial charge in [0.2, 0.25) is 0 Å². The van der Waals surface area contributed by atoms with Gasteiger partial charge in [-0.05, 0) is 25.2 Å². The second-order valence-electron chi connectivity index (χ2n) is 6.27. The molecule has 1 aliphatic carbocycles. The van der Waals surface area contributed by atoms with Crippen molar-refractivity contribution in [2.75, 3.05) is 0 Å². The third kappa shape index (κ3) is 4.28. The van der Waals surface area contributed by atoms with Crippen LogP contribution in [0.25, 0.3) is 0 Å². The summed E-state index contributed by atoms with van der Waals surface area (Å²) < 4.78 is 0. The zero-order valence-corrected chi connectivity index (χ0v) is 13.3. The number of nitrogens with two attached hydrogens (primary N) is 1. The van der Waals surface area contributed by atoms with Gasteiger partial charge in [-0.2, -0.15) is 0 Å². The van der Waals surface area contributed by atoms with Gasteiger partial charge in [-0.1, -0.05) is 46.0 Å². The van der Waals surface area contributed by atoms with Gasteiger partial charge in [0.1, 0.15) is 0 Å². The molecule has 0 amide bonds. The van der Waals surface area contributed by atoms with Crippen LogP contribution in [-0.4, -0.2) is 4.98 Å². The Hall–Kier alpha value is -0.410. The molecule has 2 N–H and O–H groups in total. The lowest BCUT2D eigenvalue weighted by atomic mass is 9.91. The van der Waals surface area contributed by atoms with Crippen molar-refractivity contribution in [3.8, 4) is 0 Å². The molecule has 108 valence electrons. The predicted octanol–water partition coefficient (Wildman–Crippen LogP) is 4.63. The normalized spacial score (nSPS) is 18.5. The van der Waals surface area contributed by atoms with E-state index in [-0.39, 0.29) is 0 Å². The molecule has 2 nitrogen and oxygen atoms in total. The van der Waals surface area contributed by atoms with Crippen LogP contribution in [-0.2, 0) is 13.0 Å². The first-order valence-corrected chi connectivity index (χ1v) is 8.71. The lowest BCUT2D eigenvalue weighted by Gasteiger charge is -2.17. The maximum absolute atomic E-state index is 5.90. The van der Waals surface area contributed by atoms with Gasteiger partial charge in [-0.3, -0.25) is 0 Å². The molecule has 3 heteroatoms. The van der Waals surface area contributed by atoms with Crippen LogP contribution in [0.2, 0.25) is 0 Å². The number of nitrogens with zero attached hydrogens (tertiary/aromatic N) is 1. The first-order chi connectivity index (χ1) is 9.20. The second-order valence-corrected chi connectivity index (χ2v) is 7.38. The highest BCUT2D eigenvalue weighted by atomic mass is 32.1. The Morgan fingerprint density at radius 2 is 1.79 bits per heavy atom. The van der Waals surface area contributed by atoms with Gasteiger partial charge in [0.05, 0.1) is 10.7 Å². The maximum Gasteiger partial charge on any atom is 0.0962 e. The van der Waals surface area contributed by atoms with E-state index in [0.717, 1.165) is 6.42 Å². The molecule has 2 rings (SSSR count). The predicted molar refractivity (Wildman–Crippen MR) is 83.6 cm³/mol. The molecule has 0 aliphatic heterocycles. The molecular formula is C16H28N2S. The van der Waals surface area contributed by atoms with Crippen LogP contribution in [0.3, 0.4) is 0 Å². The highest BCUT2D eigenvalue weighted by Gasteiger charge is 2.19. The fourth-order valence-electron chi connectivity index (χ4n) is 2.99. The van der Waals surface area contributed by atoms with E-state index in [2.05, 4.69) is 13.8 Å². The van der Waals surface area contributed by atoms with Crippen molar-refractivity contribution in [3.63, 3.8) is 0 Å². The number of rotatable bonds is 4. The van der Waals surface area contributed by atoms with Crippen LogP contribution >= 0.6 is 11.3 Å². The standard InChI is InChI=1S/C16H28N2S/c1-12(2)10-14-15(11-17)19-16(18-14)13-8-6-4-3-5-7-9-13/h12-13H,3-11,17H2,1-2H3. The van der Waals surface area contributed by atoms with Crippen molar-refractivity contribution in [2.45, 2.75) is 77.7 Å². The first-order valence-electron chi connectivity index (χ1n) is 7.89. The highest BCUT2D eigenvalue weighted by Crippen LogP contribution is 2.35. The third-order valence-corrected chi connectivity index (χ3v) is 5.32. The molecule has 0 saturated heterocycles. The second kappa shape index (κ2) is 7.39. The summed E-state index contributed by atoms with van der Waals surface area (Å²) in [7, 11) is 0. The number of hydrogen-bond donors (Lipinski definition) is 1. The minimum absolute atomic E-state index is 0.659. The van der Waals surface area contributed by atoms with Crippen molar-refractivity contribution in [3.05, 3.63) is 15.6 Å². The van der Waals surface area contributed by atoms with Crippen molar-refractivity contribution in [1.29, 1.82) is 0 Å². The quantitative estimate of drug-likeness (QED) is 0.873. The molecule has 0 aromatic carbocycles. The summed E-state index contributed by atoms with van der Waals surface area (Å²) in [4.78, 5) is 6.28. The third-order valence-electron chi connectivity index (χ3n) is 4.04. The van der Waals surface area contributed by atoms with Gasteiger partial charge in [0.15, 0.2) is 0 Å². The topological polar surface area (TPSA) is 38.9 Å². The van der Waals surface area contributed by atoms with Crippen LogP contribution in [0, 0.1) is 5.92 Å². The van der Waals surface area contributed by atoms with Crippen LogP contribution in [0.1, 0.15) is 80.3 Å². The molecule has 1 aromatic rings. The Bertz CT molecular complexity index is 376. The lowest BCUT2D eigenvalue weighted by molar-refractivity contribution is 0.453. The molecule has 0 spiro atoms. The largest absolute Gasteiger partial charge is 0.326 e. The molecule has 1 fully saturated rings. The van der Waals surface area contributed by atoms with Crippen molar-refractivity contribution >= 4 is 11.3 Å². The van der Waals surface area contributed by atoms with Gasteiger partial charge in [0.25, 0.3) is 0 Å². The summed E-state index contributed by atoms with van der Waals surface area (Å²) in [6, 6.07) is 0. The van der Waals surface area contributed by atoms with E-state index < -0.39 is 0 Å². The summed E-state index contributed by atoms with van der Waals surface area (Å²) in [5, 5.41) is 1.37. The Labute approximate surface area is 121 Å². The minimum atomic E-state index is 0.659. The smallest absolute Gasteiger partial charge is 0.0962 e. The van der Waals surface area contributed by atoms with Crippen molar-refractivity contribution in [2.24, 2.45) is 11.7 Å². The van der Waals surface area contributed by atoms with E-state index in [1.807, 2.05) is 11.3 Å². The van der Waals surface area contributed by atoms with Crippen LogP contribution in [0.5, 0.6) is 0 Å². The minimum Gasteiger partial charge on any atom is -0.326 e. The van der Waals surface area contributed by atoms with E-state index in [1.165, 1.54) is 60.5 Å². The van der Waals surface area contributed by atoms with Crippen LogP contribution in [0.4, 0.5) is 0 Å². The van der Waals surface area contributed by atoms with E-state index in [9.17, 15) is 0 Å². The fourth-order valence-corrected chi connectivity index (χ4v) is 4.13. The van der Waals surface area contributed by atoms with E-state index in [4.69, 9.17) is 10.7 Å². The zero-order chi connectivity index (χ0) is 13.7. The molecule has 0 unspecified atom stereocenters. The molecular weight excluding hydrogens is 252 g/mol.